The van der Waals surface area contributed by atoms with Gasteiger partial charge in [0.25, 0.3) is 0 Å². The van der Waals surface area contributed by atoms with E-state index in [1.54, 1.807) is 12.4 Å². The van der Waals surface area contributed by atoms with Crippen LogP contribution in [-0.2, 0) is 0 Å². The number of hydrogen-bond acceptors (Lipinski definition) is 5. The molecule has 30 heavy (non-hydrogen) atoms. The molecule has 2 fully saturated rings. The molecule has 7 nitrogen and oxygen atoms in total. The van der Waals surface area contributed by atoms with E-state index >= 15 is 0 Å². The number of anilines is 1. The van der Waals surface area contributed by atoms with Crippen LogP contribution in [0.15, 0.2) is 47.2 Å². The van der Waals surface area contributed by atoms with Crippen LogP contribution in [0.2, 0.25) is 5.02 Å². The average Bonchev–Trinajstić information content (AvgIpc) is 3.34. The Kier molecular flexibility index (Phi) is 4.90. The van der Waals surface area contributed by atoms with Gasteiger partial charge in [-0.25, -0.2) is 4.79 Å². The number of halogens is 1. The number of fused-ring (bicyclic) bond motifs is 2. The van der Waals surface area contributed by atoms with Crippen molar-refractivity contribution in [2.24, 2.45) is 0 Å². The van der Waals surface area contributed by atoms with Crippen molar-refractivity contribution in [3.63, 3.8) is 0 Å². The fraction of sp³-hybridized carbons (Fsp3) is 0.364. The lowest BCUT2D eigenvalue weighted by atomic mass is 9.91. The highest BCUT2D eigenvalue weighted by atomic mass is 35.5. The van der Waals surface area contributed by atoms with E-state index in [-0.39, 0.29) is 24.0 Å². The molecular weight excluding hydrogens is 402 g/mol. The van der Waals surface area contributed by atoms with E-state index in [1.165, 1.54) is 0 Å². The highest BCUT2D eigenvalue weighted by Gasteiger charge is 2.45. The molecular formula is C22H22ClN5O2. The molecule has 2 aliphatic rings. The molecule has 5 rings (SSSR count). The second-order valence-corrected chi connectivity index (χ2v) is 8.47. The Morgan fingerprint density at radius 3 is 2.60 bits per heavy atom. The first-order valence-corrected chi connectivity index (χ1v) is 10.6. The second kappa shape index (κ2) is 7.72. The lowest BCUT2D eigenvalue weighted by molar-refractivity contribution is 0.140. The Morgan fingerprint density at radius 2 is 1.90 bits per heavy atom. The van der Waals surface area contributed by atoms with Crippen LogP contribution in [0.1, 0.15) is 43.1 Å². The highest BCUT2D eigenvalue weighted by Crippen LogP contribution is 2.43. The molecule has 2 atom stereocenters. The van der Waals surface area contributed by atoms with E-state index in [0.29, 0.717) is 22.4 Å². The largest absolute Gasteiger partial charge is 0.339 e. The number of rotatable bonds is 3. The summed E-state index contributed by atoms with van der Waals surface area (Å²) in [6.45, 7) is 1.97. The quantitative estimate of drug-likeness (QED) is 0.638. The van der Waals surface area contributed by atoms with Crippen molar-refractivity contribution < 1.29 is 9.32 Å². The summed E-state index contributed by atoms with van der Waals surface area (Å²) in [7, 11) is 0. The third-order valence-electron chi connectivity index (χ3n) is 6.06. The molecule has 2 saturated heterocycles. The average molecular weight is 424 g/mol. The minimum Gasteiger partial charge on any atom is -0.339 e. The van der Waals surface area contributed by atoms with Gasteiger partial charge in [-0.3, -0.25) is 4.98 Å². The lowest BCUT2D eigenvalue weighted by Crippen LogP contribution is -2.48. The SMILES string of the molecule is Cc1ccc(NC(=O)N2C3CCC2CC(c2nc(-c4ccncc4)no2)C3)c(Cl)c1. The van der Waals surface area contributed by atoms with E-state index < -0.39 is 0 Å². The normalized spacial score (nSPS) is 22.9. The van der Waals surface area contributed by atoms with E-state index in [4.69, 9.17) is 16.1 Å². The Labute approximate surface area is 179 Å². The summed E-state index contributed by atoms with van der Waals surface area (Å²) in [5.74, 6) is 1.40. The molecule has 1 aromatic carbocycles. The van der Waals surface area contributed by atoms with Gasteiger partial charge in [0.05, 0.1) is 10.7 Å². The van der Waals surface area contributed by atoms with Crippen LogP contribution < -0.4 is 5.32 Å². The number of piperidine rings is 1. The van der Waals surface area contributed by atoms with Crippen LogP contribution in [-0.4, -0.2) is 38.1 Å². The van der Waals surface area contributed by atoms with Crippen LogP contribution in [0, 0.1) is 6.92 Å². The maximum atomic E-state index is 13.0. The number of hydrogen-bond donors (Lipinski definition) is 1. The summed E-state index contributed by atoms with van der Waals surface area (Å²) in [5.41, 5.74) is 2.59. The zero-order valence-electron chi connectivity index (χ0n) is 16.6. The molecule has 1 N–H and O–H groups in total. The Balaban J connectivity index is 1.29. The van der Waals surface area contributed by atoms with Crippen molar-refractivity contribution in [2.75, 3.05) is 5.32 Å². The van der Waals surface area contributed by atoms with Gasteiger partial charge in [0, 0.05) is 36.0 Å². The van der Waals surface area contributed by atoms with Crippen LogP contribution in [0.5, 0.6) is 0 Å². The van der Waals surface area contributed by atoms with Crippen LogP contribution >= 0.6 is 11.6 Å². The van der Waals surface area contributed by atoms with Gasteiger partial charge in [-0.05, 0) is 62.4 Å². The number of carbonyl (C=O) groups is 1. The van der Waals surface area contributed by atoms with Crippen LogP contribution in [0.3, 0.4) is 0 Å². The first-order valence-electron chi connectivity index (χ1n) is 10.2. The fourth-order valence-corrected chi connectivity index (χ4v) is 4.91. The molecule has 0 radical (unpaired) electrons. The predicted octanol–water partition coefficient (Wildman–Crippen LogP) is 5.04. The minimum absolute atomic E-state index is 0.0882. The number of benzene rings is 1. The Morgan fingerprint density at radius 1 is 1.17 bits per heavy atom. The number of aryl methyl sites for hydroxylation is 1. The summed E-state index contributed by atoms with van der Waals surface area (Å²) in [6, 6.07) is 9.61. The first-order chi connectivity index (χ1) is 14.6. The van der Waals surface area contributed by atoms with Crippen LogP contribution in [0.25, 0.3) is 11.4 Å². The number of carbonyl (C=O) groups excluding carboxylic acids is 1. The van der Waals surface area contributed by atoms with Gasteiger partial charge in [0.15, 0.2) is 0 Å². The summed E-state index contributed by atoms with van der Waals surface area (Å²) in [6.07, 6.45) is 7.04. The molecule has 2 aromatic heterocycles. The standard InChI is InChI=1S/C22H22ClN5O2/c1-13-2-5-19(18(23)10-13)25-22(29)28-16-3-4-17(28)12-15(11-16)21-26-20(27-30-21)14-6-8-24-9-7-14/h2,5-10,15-17H,3-4,11-12H2,1H3,(H,25,29). The monoisotopic (exact) mass is 423 g/mol. The number of pyridine rings is 1. The van der Waals surface area contributed by atoms with Crippen LogP contribution in [0.4, 0.5) is 10.5 Å². The molecule has 3 aromatic rings. The van der Waals surface area contributed by atoms with Gasteiger partial charge in [-0.1, -0.05) is 22.8 Å². The number of amides is 2. The van der Waals surface area contributed by atoms with Crippen molar-refractivity contribution in [3.8, 4) is 11.4 Å². The van der Waals surface area contributed by atoms with Crippen molar-refractivity contribution in [1.29, 1.82) is 0 Å². The van der Waals surface area contributed by atoms with Gasteiger partial charge in [-0.15, -0.1) is 0 Å². The van der Waals surface area contributed by atoms with Gasteiger partial charge < -0.3 is 14.7 Å². The summed E-state index contributed by atoms with van der Waals surface area (Å²) >= 11 is 6.29. The third-order valence-corrected chi connectivity index (χ3v) is 6.38. The maximum Gasteiger partial charge on any atom is 0.322 e. The molecule has 8 heteroatoms. The molecule has 2 aliphatic heterocycles. The van der Waals surface area contributed by atoms with Crippen molar-refractivity contribution in [1.82, 2.24) is 20.0 Å². The first kappa shape index (κ1) is 19.1. The number of urea groups is 1. The van der Waals surface area contributed by atoms with E-state index in [1.807, 2.05) is 42.2 Å². The number of nitrogens with one attached hydrogen (secondary N) is 1. The summed E-state index contributed by atoms with van der Waals surface area (Å²) in [5, 5.41) is 7.68. The van der Waals surface area contributed by atoms with Crippen molar-refractivity contribution in [2.45, 2.75) is 50.6 Å². The highest BCUT2D eigenvalue weighted by molar-refractivity contribution is 6.33. The molecule has 154 valence electrons. The van der Waals surface area contributed by atoms with Gasteiger partial charge in [0.2, 0.25) is 11.7 Å². The number of nitrogens with zero attached hydrogens (tertiary/aromatic N) is 4. The summed E-state index contributed by atoms with van der Waals surface area (Å²) < 4.78 is 5.58. The molecule has 0 saturated carbocycles. The Bertz CT molecular complexity index is 1060. The fourth-order valence-electron chi connectivity index (χ4n) is 4.63. The van der Waals surface area contributed by atoms with Gasteiger partial charge in [-0.2, -0.15) is 4.98 Å². The minimum atomic E-state index is -0.0882. The predicted molar refractivity (Wildman–Crippen MR) is 113 cm³/mol. The van der Waals surface area contributed by atoms with Gasteiger partial charge in [0.1, 0.15) is 0 Å². The maximum absolute atomic E-state index is 13.0. The smallest absolute Gasteiger partial charge is 0.322 e. The van der Waals surface area contributed by atoms with E-state index in [9.17, 15) is 4.79 Å². The topological polar surface area (TPSA) is 84.2 Å². The lowest BCUT2D eigenvalue weighted by Gasteiger charge is -2.37. The number of aromatic nitrogens is 3. The summed E-state index contributed by atoms with van der Waals surface area (Å²) in [4.78, 5) is 23.6. The third kappa shape index (κ3) is 3.54. The van der Waals surface area contributed by atoms with Crippen molar-refractivity contribution in [3.05, 3.63) is 59.2 Å². The zero-order valence-corrected chi connectivity index (χ0v) is 17.3. The van der Waals surface area contributed by atoms with Gasteiger partial charge >= 0.3 is 6.03 Å². The zero-order chi connectivity index (χ0) is 20.7. The molecule has 2 bridgehead atoms. The van der Waals surface area contributed by atoms with E-state index in [0.717, 1.165) is 36.8 Å². The molecule has 2 unspecified atom stereocenters. The molecule has 0 spiro atoms. The Hall–Kier alpha value is -2.93. The van der Waals surface area contributed by atoms with E-state index in [2.05, 4.69) is 20.4 Å². The molecule has 4 heterocycles. The molecule has 2 amide bonds. The van der Waals surface area contributed by atoms with Crippen molar-refractivity contribution >= 4 is 23.3 Å². The molecule has 0 aliphatic carbocycles. The second-order valence-electron chi connectivity index (χ2n) is 8.07.